The molecule has 0 spiro atoms. The standard InChI is InChI=1S/C15H29O3P/c1-13(2)19(16,17-14-9-5-3-6-10-14)18-15-11-7-4-8-12-15/h13-15H,3-12H2,1-2H3. The Bertz CT molecular complexity index is 281. The second-order valence-corrected chi connectivity index (χ2v) is 8.90. The van der Waals surface area contributed by atoms with Crippen molar-refractivity contribution >= 4 is 7.60 Å². The van der Waals surface area contributed by atoms with Gasteiger partial charge in [-0.15, -0.1) is 0 Å². The molecule has 0 N–H and O–H groups in total. The van der Waals surface area contributed by atoms with Gasteiger partial charge in [-0.05, 0) is 25.7 Å². The molecule has 0 saturated heterocycles. The smallest absolute Gasteiger partial charge is 0.305 e. The predicted octanol–water partition coefficient (Wildman–Crippen LogP) is 5.29. The van der Waals surface area contributed by atoms with Gasteiger partial charge in [-0.1, -0.05) is 52.4 Å². The fraction of sp³-hybridized carbons (Fsp3) is 1.00. The van der Waals surface area contributed by atoms with Crippen molar-refractivity contribution in [2.24, 2.45) is 0 Å². The minimum atomic E-state index is -2.93. The van der Waals surface area contributed by atoms with Gasteiger partial charge in [0.05, 0.1) is 17.9 Å². The van der Waals surface area contributed by atoms with E-state index in [0.29, 0.717) is 0 Å². The van der Waals surface area contributed by atoms with Gasteiger partial charge < -0.3 is 9.05 Å². The Morgan fingerprint density at radius 1 is 0.789 bits per heavy atom. The molecule has 0 unspecified atom stereocenters. The van der Waals surface area contributed by atoms with Crippen LogP contribution in [-0.4, -0.2) is 17.9 Å². The Morgan fingerprint density at radius 3 is 1.47 bits per heavy atom. The van der Waals surface area contributed by atoms with E-state index in [1.165, 1.54) is 38.5 Å². The summed E-state index contributed by atoms with van der Waals surface area (Å²) in [4.78, 5) is 0. The lowest BCUT2D eigenvalue weighted by atomic mass is 9.98. The highest BCUT2D eigenvalue weighted by Crippen LogP contribution is 2.57. The van der Waals surface area contributed by atoms with Gasteiger partial charge in [0, 0.05) is 0 Å². The van der Waals surface area contributed by atoms with Crippen molar-refractivity contribution in [3.8, 4) is 0 Å². The van der Waals surface area contributed by atoms with E-state index in [1.807, 2.05) is 13.8 Å². The second-order valence-electron chi connectivity index (χ2n) is 6.36. The largest absolute Gasteiger partial charge is 0.333 e. The SMILES string of the molecule is CC(C)P(=O)(OC1CCCCC1)OC1CCCCC1. The minimum Gasteiger partial charge on any atom is -0.305 e. The normalized spacial score (nSPS) is 23.9. The van der Waals surface area contributed by atoms with Gasteiger partial charge in [-0.25, -0.2) is 0 Å². The average Bonchev–Trinajstić information content (AvgIpc) is 2.40. The van der Waals surface area contributed by atoms with Gasteiger partial charge in [0.1, 0.15) is 0 Å². The lowest BCUT2D eigenvalue weighted by molar-refractivity contribution is 0.0761. The summed E-state index contributed by atoms with van der Waals surface area (Å²) in [5.41, 5.74) is -0.0312. The molecular formula is C15H29O3P. The summed E-state index contributed by atoms with van der Waals surface area (Å²) in [5.74, 6) is 0. The van der Waals surface area contributed by atoms with Gasteiger partial charge >= 0.3 is 7.60 Å². The molecule has 112 valence electrons. The maximum atomic E-state index is 13.0. The first-order valence-electron chi connectivity index (χ1n) is 8.07. The summed E-state index contributed by atoms with van der Waals surface area (Å²) >= 11 is 0. The van der Waals surface area contributed by atoms with Crippen molar-refractivity contribution in [2.45, 2.75) is 95.9 Å². The molecule has 0 aromatic rings. The molecular weight excluding hydrogens is 259 g/mol. The molecule has 0 atom stereocenters. The molecule has 0 aromatic heterocycles. The van der Waals surface area contributed by atoms with E-state index in [4.69, 9.17) is 9.05 Å². The highest BCUT2D eigenvalue weighted by atomic mass is 31.2. The van der Waals surface area contributed by atoms with Gasteiger partial charge in [0.15, 0.2) is 0 Å². The Balaban J connectivity index is 1.93. The summed E-state index contributed by atoms with van der Waals surface area (Å²) < 4.78 is 25.0. The Labute approximate surface area is 118 Å². The fourth-order valence-corrected chi connectivity index (χ4v) is 4.81. The van der Waals surface area contributed by atoms with Crippen LogP contribution in [0.25, 0.3) is 0 Å². The van der Waals surface area contributed by atoms with Crippen molar-refractivity contribution < 1.29 is 13.6 Å². The maximum Gasteiger partial charge on any atom is 0.333 e. The molecule has 19 heavy (non-hydrogen) atoms. The third kappa shape index (κ3) is 4.58. The highest BCUT2D eigenvalue weighted by molar-refractivity contribution is 7.54. The zero-order valence-electron chi connectivity index (χ0n) is 12.5. The third-order valence-corrected chi connectivity index (χ3v) is 6.78. The monoisotopic (exact) mass is 288 g/mol. The second kappa shape index (κ2) is 7.24. The van der Waals surface area contributed by atoms with Crippen molar-refractivity contribution in [1.29, 1.82) is 0 Å². The van der Waals surface area contributed by atoms with Crippen molar-refractivity contribution in [2.75, 3.05) is 0 Å². The molecule has 2 rings (SSSR count). The van der Waals surface area contributed by atoms with Crippen LogP contribution in [-0.2, 0) is 13.6 Å². The molecule has 2 aliphatic rings. The van der Waals surface area contributed by atoms with Crippen LogP contribution in [0.4, 0.5) is 0 Å². The van der Waals surface area contributed by atoms with Crippen LogP contribution < -0.4 is 0 Å². The van der Waals surface area contributed by atoms with Crippen LogP contribution >= 0.6 is 7.60 Å². The van der Waals surface area contributed by atoms with Crippen LogP contribution in [0.3, 0.4) is 0 Å². The summed E-state index contributed by atoms with van der Waals surface area (Å²) in [7, 11) is -2.93. The van der Waals surface area contributed by atoms with Crippen molar-refractivity contribution in [1.82, 2.24) is 0 Å². The van der Waals surface area contributed by atoms with E-state index in [-0.39, 0.29) is 17.9 Å². The van der Waals surface area contributed by atoms with E-state index in [9.17, 15) is 4.57 Å². The van der Waals surface area contributed by atoms with Gasteiger partial charge in [0.2, 0.25) is 0 Å². The van der Waals surface area contributed by atoms with E-state index < -0.39 is 7.60 Å². The van der Waals surface area contributed by atoms with E-state index in [0.717, 1.165) is 25.7 Å². The molecule has 0 aromatic carbocycles. The van der Waals surface area contributed by atoms with E-state index >= 15 is 0 Å². The van der Waals surface area contributed by atoms with Gasteiger partial charge in [0.25, 0.3) is 0 Å². The van der Waals surface area contributed by atoms with Crippen molar-refractivity contribution in [3.63, 3.8) is 0 Å². The first kappa shape index (κ1) is 15.5. The van der Waals surface area contributed by atoms with E-state index in [2.05, 4.69) is 0 Å². The Hall–Kier alpha value is 0.150. The summed E-state index contributed by atoms with van der Waals surface area (Å²) in [6, 6.07) is 0. The molecule has 2 aliphatic carbocycles. The summed E-state index contributed by atoms with van der Waals surface area (Å²) in [6.45, 7) is 3.93. The lowest BCUT2D eigenvalue weighted by Gasteiger charge is -2.33. The van der Waals surface area contributed by atoms with Crippen LogP contribution in [0, 0.1) is 0 Å². The molecule has 0 radical (unpaired) electrons. The molecule has 3 nitrogen and oxygen atoms in total. The van der Waals surface area contributed by atoms with Crippen LogP contribution in [0.1, 0.15) is 78.1 Å². The van der Waals surface area contributed by atoms with E-state index in [1.54, 1.807) is 0 Å². The molecule has 0 heterocycles. The summed E-state index contributed by atoms with van der Waals surface area (Å²) in [6.07, 6.45) is 11.9. The first-order chi connectivity index (χ1) is 9.10. The number of rotatable bonds is 5. The fourth-order valence-electron chi connectivity index (χ4n) is 3.02. The third-order valence-electron chi connectivity index (χ3n) is 4.33. The number of hydrogen-bond donors (Lipinski definition) is 0. The topological polar surface area (TPSA) is 35.5 Å². The molecule has 2 fully saturated rings. The maximum absolute atomic E-state index is 13.0. The molecule has 4 heteroatoms. The van der Waals surface area contributed by atoms with Gasteiger partial charge in [-0.2, -0.15) is 0 Å². The van der Waals surface area contributed by atoms with Crippen LogP contribution in [0.2, 0.25) is 0 Å². The Kier molecular flexibility index (Phi) is 5.92. The van der Waals surface area contributed by atoms with Crippen molar-refractivity contribution in [3.05, 3.63) is 0 Å². The highest BCUT2D eigenvalue weighted by Gasteiger charge is 2.36. The zero-order chi connectivity index (χ0) is 13.7. The molecule has 0 amide bonds. The predicted molar refractivity (Wildman–Crippen MR) is 78.7 cm³/mol. The Morgan fingerprint density at radius 2 is 1.16 bits per heavy atom. The molecule has 2 saturated carbocycles. The zero-order valence-corrected chi connectivity index (χ0v) is 13.4. The quantitative estimate of drug-likeness (QED) is 0.645. The minimum absolute atomic E-state index is 0.0312. The lowest BCUT2D eigenvalue weighted by Crippen LogP contribution is -2.23. The number of hydrogen-bond acceptors (Lipinski definition) is 3. The molecule has 0 bridgehead atoms. The van der Waals surface area contributed by atoms with Gasteiger partial charge in [-0.3, -0.25) is 4.57 Å². The summed E-state index contributed by atoms with van der Waals surface area (Å²) in [5, 5.41) is 0. The van der Waals surface area contributed by atoms with Crippen LogP contribution in [0.5, 0.6) is 0 Å². The average molecular weight is 288 g/mol. The first-order valence-corrected chi connectivity index (χ1v) is 9.68. The van der Waals surface area contributed by atoms with Crippen LogP contribution in [0.15, 0.2) is 0 Å². The molecule has 0 aliphatic heterocycles.